The third-order valence-electron chi connectivity index (χ3n) is 14.4. The van der Waals surface area contributed by atoms with Crippen LogP contribution in [-0.4, -0.2) is 143 Å². The third-order valence-corrected chi connectivity index (χ3v) is 14.4. The second-order valence-corrected chi connectivity index (χ2v) is 18.5. The fraction of sp³-hybridized carbons (Fsp3) is 0.909. The number of cyclic esters (lactones) is 1. The van der Waals surface area contributed by atoms with Crippen molar-refractivity contribution in [2.24, 2.45) is 35.5 Å². The average Bonchev–Trinajstić information content (AvgIpc) is 3.76. The first-order valence-corrected chi connectivity index (χ1v) is 22.0. The predicted molar refractivity (Wildman–Crippen MR) is 213 cm³/mol. The number of carbonyl (C=O) groups is 2. The van der Waals surface area contributed by atoms with Gasteiger partial charge in [0.1, 0.15) is 24.4 Å². The van der Waals surface area contributed by atoms with Gasteiger partial charge in [0, 0.05) is 51.3 Å². The molecule has 3 heterocycles. The Morgan fingerprint density at radius 2 is 1.60 bits per heavy atom. The van der Waals surface area contributed by atoms with Crippen LogP contribution in [0.4, 0.5) is 0 Å². The summed E-state index contributed by atoms with van der Waals surface area (Å²) in [4.78, 5) is 31.1. The van der Waals surface area contributed by atoms with Crippen molar-refractivity contribution >= 4 is 11.8 Å². The quantitative estimate of drug-likeness (QED) is 0.280. The van der Waals surface area contributed by atoms with Crippen LogP contribution in [-0.2, 0) is 47.5 Å². The summed E-state index contributed by atoms with van der Waals surface area (Å²) in [5.74, 6) is -1.43. The van der Waals surface area contributed by atoms with Crippen molar-refractivity contribution in [2.45, 2.75) is 185 Å². The minimum absolute atomic E-state index is 0.00561. The number of nitrogens with zero attached hydrogens (tertiary/aromatic N) is 1. The van der Waals surface area contributed by atoms with Gasteiger partial charge >= 0.3 is 5.97 Å². The molecule has 57 heavy (non-hydrogen) atoms. The molecule has 326 valence electrons. The van der Waals surface area contributed by atoms with E-state index in [0.29, 0.717) is 43.7 Å². The summed E-state index contributed by atoms with van der Waals surface area (Å²) in [5, 5.41) is 16.0. The molecule has 0 aromatic heterocycles. The fourth-order valence-corrected chi connectivity index (χ4v) is 11.6. The molecular weight excluding hydrogens is 732 g/mol. The fourth-order valence-electron chi connectivity index (χ4n) is 11.6. The minimum atomic E-state index is -0.713. The molecule has 13 heteroatoms. The lowest BCUT2D eigenvalue weighted by Crippen LogP contribution is -2.59. The number of aliphatic hydroxyl groups is 1. The van der Waals surface area contributed by atoms with Gasteiger partial charge in [0.25, 0.3) is 0 Å². The molecule has 0 amide bonds. The second-order valence-electron chi connectivity index (χ2n) is 18.5. The number of hydrogen-bond acceptors (Lipinski definition) is 13. The highest BCUT2D eigenvalue weighted by Gasteiger charge is 2.60. The highest BCUT2D eigenvalue weighted by molar-refractivity contribution is 5.99. The van der Waals surface area contributed by atoms with Crippen LogP contribution in [0.3, 0.4) is 0 Å². The van der Waals surface area contributed by atoms with Crippen LogP contribution >= 0.6 is 0 Å². The first-order valence-electron chi connectivity index (χ1n) is 22.0. The largest absolute Gasteiger partial charge is 0.462 e. The summed E-state index contributed by atoms with van der Waals surface area (Å²) in [5.41, 5.74) is 0.674. The van der Waals surface area contributed by atoms with Crippen molar-refractivity contribution in [1.82, 2.24) is 10.2 Å². The number of allylic oxidation sites excluding steroid dienone is 2. The molecule has 0 aromatic carbocycles. The van der Waals surface area contributed by atoms with Gasteiger partial charge in [0.15, 0.2) is 18.4 Å². The Hall–Kier alpha value is -1.52. The average molecular weight is 807 g/mol. The van der Waals surface area contributed by atoms with Gasteiger partial charge in [-0.1, -0.05) is 33.8 Å². The number of esters is 1. The molecule has 0 spiro atoms. The zero-order valence-electron chi connectivity index (χ0n) is 36.5. The lowest BCUT2D eigenvalue weighted by Gasteiger charge is -2.48. The van der Waals surface area contributed by atoms with E-state index >= 15 is 4.79 Å². The summed E-state index contributed by atoms with van der Waals surface area (Å²) in [6, 6.07) is 0.0376. The smallest absolute Gasteiger partial charge is 0.306 e. The maximum atomic E-state index is 15.0. The molecule has 0 aromatic rings. The molecule has 6 rings (SSSR count). The van der Waals surface area contributed by atoms with Gasteiger partial charge in [0.2, 0.25) is 0 Å². The SMILES string of the molecule is CC[C@H]1CCC[C@H](O[C@H]2CC[C@H](N(C)C)C(C)O2)[C@@H](C)C(=O)C2=C[C@H]3[C@@H]4C[C@H](O[C@@H]5OC(C)[C@H](OC)C(OC)[C@@H]5OC)C[C@H]4[C@@H](O)[C@H](NC(C)C)[C@H]3[C@@H]2CC(=O)O1. The van der Waals surface area contributed by atoms with Crippen molar-refractivity contribution in [3.05, 3.63) is 11.6 Å². The number of fused-ring (bicyclic) bond motifs is 5. The number of nitrogens with one attached hydrogen (secondary N) is 1. The van der Waals surface area contributed by atoms with Crippen LogP contribution in [0.1, 0.15) is 99.3 Å². The van der Waals surface area contributed by atoms with Crippen molar-refractivity contribution in [2.75, 3.05) is 35.4 Å². The second kappa shape index (κ2) is 19.5. The molecule has 6 aliphatic rings. The summed E-state index contributed by atoms with van der Waals surface area (Å²) < 4.78 is 49.9. The molecule has 2 saturated carbocycles. The molecule has 5 fully saturated rings. The Morgan fingerprint density at radius 3 is 2.23 bits per heavy atom. The van der Waals surface area contributed by atoms with E-state index in [-0.39, 0.29) is 103 Å². The van der Waals surface area contributed by atoms with Crippen molar-refractivity contribution in [3.8, 4) is 0 Å². The van der Waals surface area contributed by atoms with E-state index in [1.54, 1.807) is 21.3 Å². The van der Waals surface area contributed by atoms with Gasteiger partial charge in [-0.05, 0) is 109 Å². The third kappa shape index (κ3) is 9.53. The maximum Gasteiger partial charge on any atom is 0.306 e. The number of aliphatic hydroxyl groups excluding tert-OH is 1. The number of carbonyl (C=O) groups excluding carboxylic acids is 2. The van der Waals surface area contributed by atoms with Gasteiger partial charge in [-0.2, -0.15) is 0 Å². The molecule has 0 radical (unpaired) electrons. The van der Waals surface area contributed by atoms with E-state index in [0.717, 1.165) is 19.3 Å². The summed E-state index contributed by atoms with van der Waals surface area (Å²) in [7, 11) is 9.07. The van der Waals surface area contributed by atoms with Gasteiger partial charge in [0.05, 0.1) is 36.9 Å². The van der Waals surface area contributed by atoms with E-state index < -0.39 is 30.3 Å². The van der Waals surface area contributed by atoms with Crippen LogP contribution in [0, 0.1) is 35.5 Å². The number of hydrogen-bond donors (Lipinski definition) is 2. The number of rotatable bonds is 11. The van der Waals surface area contributed by atoms with Crippen LogP contribution in [0.25, 0.3) is 0 Å². The van der Waals surface area contributed by atoms with E-state index in [2.05, 4.69) is 58.1 Å². The van der Waals surface area contributed by atoms with Gasteiger partial charge in [-0.3, -0.25) is 9.59 Å². The normalized spacial score (nSPS) is 45.8. The summed E-state index contributed by atoms with van der Waals surface area (Å²) >= 11 is 0. The Kier molecular flexibility index (Phi) is 15.4. The lowest BCUT2D eigenvalue weighted by molar-refractivity contribution is -0.314. The van der Waals surface area contributed by atoms with Crippen LogP contribution in [0.15, 0.2) is 11.6 Å². The standard InChI is InChI=1S/C44H74N2O11/c1-12-26-14-13-15-34(57-36-17-16-33(46(7)8)24(5)53-36)23(4)39(48)32-20-29-28-18-27(56-44-43(52-11)42(51-10)41(50-9)25(6)54-44)19-31(28)40(49)38(45-22(2)3)37(29)30(32)21-35(47)55-26/h20,22-31,33-34,36-38,40-45,49H,12-19,21H2,1-11H3/t23-,24?,25?,26+,27+,28+,29+,30-,31-,33+,34+,36+,37-,38-,40-,41+,42?,43+,44+/m1/s1. The van der Waals surface area contributed by atoms with Gasteiger partial charge in [-0.15, -0.1) is 0 Å². The number of ether oxygens (including phenoxy) is 8. The predicted octanol–water partition coefficient (Wildman–Crippen LogP) is 4.66. The minimum Gasteiger partial charge on any atom is -0.462 e. The lowest BCUT2D eigenvalue weighted by atomic mass is 9.62. The highest BCUT2D eigenvalue weighted by atomic mass is 16.7. The molecule has 0 bridgehead atoms. The van der Waals surface area contributed by atoms with E-state index in [1.165, 1.54) is 0 Å². The number of methoxy groups -OCH3 is 3. The van der Waals surface area contributed by atoms with Crippen LogP contribution < -0.4 is 5.32 Å². The molecule has 3 saturated heterocycles. The van der Waals surface area contributed by atoms with Crippen molar-refractivity contribution in [3.63, 3.8) is 0 Å². The number of likely N-dealkylation sites (N-methyl/N-ethyl adjacent to an activating group) is 1. The topological polar surface area (TPSA) is 143 Å². The Balaban J connectivity index is 1.29. The van der Waals surface area contributed by atoms with Crippen LogP contribution in [0.2, 0.25) is 0 Å². The molecule has 19 atom stereocenters. The molecule has 3 aliphatic heterocycles. The first kappa shape index (κ1) is 45.0. The summed E-state index contributed by atoms with van der Waals surface area (Å²) in [6.07, 6.45) is 4.05. The first-order chi connectivity index (χ1) is 27.2. The zero-order chi connectivity index (χ0) is 41.3. The monoisotopic (exact) mass is 807 g/mol. The molecule has 2 N–H and O–H groups in total. The Morgan fingerprint density at radius 1 is 0.895 bits per heavy atom. The van der Waals surface area contributed by atoms with Gasteiger partial charge in [-0.25, -0.2) is 0 Å². The highest BCUT2D eigenvalue weighted by Crippen LogP contribution is 2.57. The van der Waals surface area contributed by atoms with E-state index in [4.69, 9.17) is 37.9 Å². The molecule has 3 aliphatic carbocycles. The zero-order valence-corrected chi connectivity index (χ0v) is 36.5. The van der Waals surface area contributed by atoms with Gasteiger partial charge < -0.3 is 53.2 Å². The number of Topliss-reactive ketones (excluding diaryl/α,β-unsaturated/α-hetero) is 1. The molecule has 3 unspecified atom stereocenters. The number of ketones is 1. The van der Waals surface area contributed by atoms with E-state index in [9.17, 15) is 9.90 Å². The Labute approximate surface area is 341 Å². The Bertz CT molecular complexity index is 1380. The van der Waals surface area contributed by atoms with Crippen molar-refractivity contribution < 1.29 is 52.6 Å². The maximum absolute atomic E-state index is 15.0. The molecule has 13 nitrogen and oxygen atoms in total. The van der Waals surface area contributed by atoms with E-state index in [1.807, 2.05) is 13.8 Å². The van der Waals surface area contributed by atoms with Crippen molar-refractivity contribution in [1.29, 1.82) is 0 Å². The summed E-state index contributed by atoms with van der Waals surface area (Å²) in [6.45, 7) is 12.2. The molecular formula is C44H74N2O11. The van der Waals surface area contributed by atoms with Crippen LogP contribution in [0.5, 0.6) is 0 Å².